The monoisotopic (exact) mass is 437 g/mol. The first-order valence-corrected chi connectivity index (χ1v) is 11.4. The third-order valence-electron chi connectivity index (χ3n) is 5.67. The quantitative estimate of drug-likeness (QED) is 0.451. The minimum atomic E-state index is 0.122. The minimum absolute atomic E-state index is 0.122. The molecule has 1 amide bonds. The van der Waals surface area contributed by atoms with Crippen LogP contribution in [-0.4, -0.2) is 51.6 Å². The van der Waals surface area contributed by atoms with Crippen molar-refractivity contribution in [3.63, 3.8) is 0 Å². The second-order valence-corrected chi connectivity index (χ2v) is 8.65. The molecule has 31 heavy (non-hydrogen) atoms. The van der Waals surface area contributed by atoms with Gasteiger partial charge >= 0.3 is 0 Å². The number of piperidine rings is 1. The Balaban J connectivity index is 1.28. The summed E-state index contributed by atoms with van der Waals surface area (Å²) in [4.78, 5) is 14.6. The van der Waals surface area contributed by atoms with Gasteiger partial charge in [-0.05, 0) is 55.0 Å². The summed E-state index contributed by atoms with van der Waals surface area (Å²) < 4.78 is 6.62. The van der Waals surface area contributed by atoms with Crippen molar-refractivity contribution < 1.29 is 9.53 Å². The van der Waals surface area contributed by atoms with Crippen molar-refractivity contribution in [2.75, 3.05) is 31.8 Å². The molecule has 1 aliphatic heterocycles. The van der Waals surface area contributed by atoms with E-state index in [4.69, 9.17) is 10.6 Å². The van der Waals surface area contributed by atoms with Gasteiger partial charge in [-0.3, -0.25) is 4.79 Å². The van der Waals surface area contributed by atoms with Crippen molar-refractivity contribution in [2.24, 2.45) is 5.92 Å². The molecule has 0 atom stereocenters. The molecule has 0 unspecified atom stereocenters. The van der Waals surface area contributed by atoms with Crippen LogP contribution in [0.25, 0.3) is 11.4 Å². The Labute approximate surface area is 186 Å². The summed E-state index contributed by atoms with van der Waals surface area (Å²) in [7, 11) is 1.62. The fourth-order valence-corrected chi connectivity index (χ4v) is 4.62. The van der Waals surface area contributed by atoms with Gasteiger partial charge in [-0.1, -0.05) is 42.1 Å². The second-order valence-electron chi connectivity index (χ2n) is 7.71. The zero-order chi connectivity index (χ0) is 21.6. The van der Waals surface area contributed by atoms with E-state index >= 15 is 0 Å². The molecular weight excluding hydrogens is 410 g/mol. The SMILES string of the molecule is COc1ccc(-c2nnc(SCC(=O)N3CCC(Cc4ccccc4)CC3)n2N)cc1. The maximum absolute atomic E-state index is 12.7. The summed E-state index contributed by atoms with van der Waals surface area (Å²) in [6, 6.07) is 18.0. The molecule has 2 aromatic carbocycles. The van der Waals surface area contributed by atoms with Crippen LogP contribution < -0.4 is 10.6 Å². The highest BCUT2D eigenvalue weighted by Gasteiger charge is 2.23. The number of thioether (sulfide) groups is 1. The van der Waals surface area contributed by atoms with E-state index in [0.717, 1.165) is 43.7 Å². The van der Waals surface area contributed by atoms with E-state index in [1.165, 1.54) is 22.0 Å². The number of benzene rings is 2. The summed E-state index contributed by atoms with van der Waals surface area (Å²) >= 11 is 1.32. The van der Waals surface area contributed by atoms with Crippen LogP contribution in [0.5, 0.6) is 5.75 Å². The maximum atomic E-state index is 12.7. The number of hydrogen-bond donors (Lipinski definition) is 1. The normalized spacial score (nSPS) is 14.5. The zero-order valence-corrected chi connectivity index (χ0v) is 18.4. The van der Waals surface area contributed by atoms with E-state index in [1.54, 1.807) is 7.11 Å². The fourth-order valence-electron chi connectivity index (χ4n) is 3.86. The van der Waals surface area contributed by atoms with Gasteiger partial charge in [0.25, 0.3) is 0 Å². The molecule has 0 radical (unpaired) electrons. The molecule has 162 valence electrons. The summed E-state index contributed by atoms with van der Waals surface area (Å²) in [5.41, 5.74) is 2.22. The van der Waals surface area contributed by atoms with Crippen LogP contribution >= 0.6 is 11.8 Å². The molecule has 0 saturated carbocycles. The van der Waals surface area contributed by atoms with Crippen LogP contribution in [0.2, 0.25) is 0 Å². The lowest BCUT2D eigenvalue weighted by atomic mass is 9.90. The fraction of sp³-hybridized carbons (Fsp3) is 0.348. The first-order valence-electron chi connectivity index (χ1n) is 10.4. The molecule has 4 rings (SSSR count). The Bertz CT molecular complexity index is 999. The lowest BCUT2D eigenvalue weighted by Crippen LogP contribution is -2.39. The van der Waals surface area contributed by atoms with Gasteiger partial charge < -0.3 is 15.5 Å². The van der Waals surface area contributed by atoms with E-state index < -0.39 is 0 Å². The highest BCUT2D eigenvalue weighted by Crippen LogP contribution is 2.25. The predicted molar refractivity (Wildman–Crippen MR) is 122 cm³/mol. The van der Waals surface area contributed by atoms with Crippen LogP contribution in [0.4, 0.5) is 0 Å². The van der Waals surface area contributed by atoms with E-state index in [1.807, 2.05) is 35.2 Å². The highest BCUT2D eigenvalue weighted by atomic mass is 32.2. The lowest BCUT2D eigenvalue weighted by Gasteiger charge is -2.32. The largest absolute Gasteiger partial charge is 0.497 e. The number of ether oxygens (including phenoxy) is 1. The molecule has 2 N–H and O–H groups in total. The van der Waals surface area contributed by atoms with E-state index in [2.05, 4.69) is 34.5 Å². The number of amides is 1. The number of nitrogens with zero attached hydrogens (tertiary/aromatic N) is 4. The third-order valence-corrected chi connectivity index (χ3v) is 6.60. The number of methoxy groups -OCH3 is 1. The highest BCUT2D eigenvalue weighted by molar-refractivity contribution is 7.99. The lowest BCUT2D eigenvalue weighted by molar-refractivity contribution is -0.129. The molecule has 0 spiro atoms. The van der Waals surface area contributed by atoms with Gasteiger partial charge in [0.15, 0.2) is 5.82 Å². The standard InChI is InChI=1S/C23H27N5O2S/c1-30-20-9-7-19(8-10-20)22-25-26-23(28(22)24)31-16-21(29)27-13-11-18(12-14-27)15-17-5-3-2-4-6-17/h2-10,18H,11-16,24H2,1H3. The molecule has 1 saturated heterocycles. The van der Waals surface area contributed by atoms with Crippen LogP contribution in [0.3, 0.4) is 0 Å². The van der Waals surface area contributed by atoms with Crippen LogP contribution in [-0.2, 0) is 11.2 Å². The van der Waals surface area contributed by atoms with Crippen molar-refractivity contribution in [1.82, 2.24) is 19.8 Å². The van der Waals surface area contributed by atoms with E-state index in [9.17, 15) is 4.79 Å². The number of nitrogen functional groups attached to an aromatic ring is 1. The molecule has 7 nitrogen and oxygen atoms in total. The van der Waals surface area contributed by atoms with Gasteiger partial charge in [0, 0.05) is 18.7 Å². The molecule has 1 aromatic heterocycles. The summed E-state index contributed by atoms with van der Waals surface area (Å²) in [5, 5.41) is 8.87. The first-order chi connectivity index (χ1) is 15.1. The number of nitrogens with two attached hydrogens (primary N) is 1. The van der Waals surface area contributed by atoms with Gasteiger partial charge in [-0.2, -0.15) is 0 Å². The average Bonchev–Trinajstić information content (AvgIpc) is 3.19. The third kappa shape index (κ3) is 5.19. The van der Waals surface area contributed by atoms with Crippen LogP contribution in [0, 0.1) is 5.92 Å². The van der Waals surface area contributed by atoms with Crippen molar-refractivity contribution >= 4 is 17.7 Å². The summed E-state index contributed by atoms with van der Waals surface area (Å²) in [5.74, 6) is 8.56. The Morgan fingerprint density at radius 3 is 2.48 bits per heavy atom. The average molecular weight is 438 g/mol. The van der Waals surface area contributed by atoms with Gasteiger partial charge in [-0.25, -0.2) is 4.68 Å². The van der Waals surface area contributed by atoms with Gasteiger partial charge in [0.05, 0.1) is 12.9 Å². The molecule has 3 aromatic rings. The molecule has 8 heteroatoms. The van der Waals surface area contributed by atoms with Crippen molar-refractivity contribution in [3.8, 4) is 17.1 Å². The summed E-state index contributed by atoms with van der Waals surface area (Å²) in [6.07, 6.45) is 3.17. The number of carbonyl (C=O) groups excluding carboxylic acids is 1. The molecule has 1 fully saturated rings. The topological polar surface area (TPSA) is 86.3 Å². The maximum Gasteiger partial charge on any atom is 0.233 e. The van der Waals surface area contributed by atoms with Gasteiger partial charge in [0.2, 0.25) is 11.1 Å². The number of rotatable bonds is 7. The molecule has 0 aliphatic carbocycles. The van der Waals surface area contributed by atoms with Crippen molar-refractivity contribution in [1.29, 1.82) is 0 Å². The first kappa shape index (κ1) is 21.2. The number of likely N-dealkylation sites (tertiary alicyclic amines) is 1. The van der Waals surface area contributed by atoms with Gasteiger partial charge in [-0.15, -0.1) is 10.2 Å². The zero-order valence-electron chi connectivity index (χ0n) is 17.6. The Kier molecular flexibility index (Phi) is 6.76. The van der Waals surface area contributed by atoms with Crippen molar-refractivity contribution in [2.45, 2.75) is 24.4 Å². The van der Waals surface area contributed by atoms with Crippen molar-refractivity contribution in [3.05, 3.63) is 60.2 Å². The van der Waals surface area contributed by atoms with Crippen LogP contribution in [0.1, 0.15) is 18.4 Å². The van der Waals surface area contributed by atoms with Gasteiger partial charge in [0.1, 0.15) is 5.75 Å². The molecule has 0 bridgehead atoms. The Hall–Kier alpha value is -3.00. The smallest absolute Gasteiger partial charge is 0.233 e. The molecule has 1 aliphatic rings. The molecular formula is C23H27N5O2S. The number of aromatic nitrogens is 3. The second kappa shape index (κ2) is 9.87. The predicted octanol–water partition coefficient (Wildman–Crippen LogP) is 3.24. The Morgan fingerprint density at radius 1 is 1.10 bits per heavy atom. The minimum Gasteiger partial charge on any atom is -0.497 e. The Morgan fingerprint density at radius 2 is 1.81 bits per heavy atom. The summed E-state index contributed by atoms with van der Waals surface area (Å²) in [6.45, 7) is 1.62. The van der Waals surface area contributed by atoms with Crippen LogP contribution in [0.15, 0.2) is 59.8 Å². The number of carbonyl (C=O) groups is 1. The van der Waals surface area contributed by atoms with E-state index in [0.29, 0.717) is 22.7 Å². The number of hydrogen-bond acceptors (Lipinski definition) is 6. The molecule has 2 heterocycles. The van der Waals surface area contributed by atoms with E-state index in [-0.39, 0.29) is 5.91 Å².